The summed E-state index contributed by atoms with van der Waals surface area (Å²) in [7, 11) is 0. The van der Waals surface area contributed by atoms with Crippen LogP contribution in [0.3, 0.4) is 0 Å². The van der Waals surface area contributed by atoms with Crippen LogP contribution in [0.4, 0.5) is 5.13 Å². The van der Waals surface area contributed by atoms with E-state index in [1.54, 1.807) is 23.1 Å². The average molecular weight is 377 g/mol. The van der Waals surface area contributed by atoms with Gasteiger partial charge in [0.15, 0.2) is 4.34 Å². The van der Waals surface area contributed by atoms with Crippen molar-refractivity contribution in [2.45, 2.75) is 36.4 Å². The molecule has 0 aliphatic carbocycles. The molecular formula is C18H24N4OS2. The van der Waals surface area contributed by atoms with Crippen molar-refractivity contribution in [3.63, 3.8) is 0 Å². The van der Waals surface area contributed by atoms with Crippen molar-refractivity contribution in [1.82, 2.24) is 15.5 Å². The van der Waals surface area contributed by atoms with Crippen LogP contribution in [-0.4, -0.2) is 41.5 Å². The van der Waals surface area contributed by atoms with Gasteiger partial charge in [0.2, 0.25) is 11.0 Å². The number of piperidine rings is 1. The Morgan fingerprint density at radius 3 is 2.76 bits per heavy atom. The Bertz CT molecular complexity index is 656. The molecule has 25 heavy (non-hydrogen) atoms. The van der Waals surface area contributed by atoms with Crippen molar-refractivity contribution in [2.24, 2.45) is 0 Å². The van der Waals surface area contributed by atoms with Crippen molar-refractivity contribution >= 4 is 34.1 Å². The van der Waals surface area contributed by atoms with E-state index in [-0.39, 0.29) is 5.91 Å². The number of nitrogens with zero attached hydrogens (tertiary/aromatic N) is 3. The zero-order valence-corrected chi connectivity index (χ0v) is 16.0. The van der Waals surface area contributed by atoms with Crippen molar-refractivity contribution in [2.75, 3.05) is 30.3 Å². The van der Waals surface area contributed by atoms with Gasteiger partial charge < -0.3 is 10.2 Å². The lowest BCUT2D eigenvalue weighted by molar-refractivity contribution is -0.120. The van der Waals surface area contributed by atoms with Crippen LogP contribution in [0, 0.1) is 0 Å². The standard InChI is InChI=1S/C18H24N4OS2/c23-16(19-11-9-15-7-3-1-4-8-15)10-14-24-18-21-20-17(25-18)22-12-5-2-6-13-22/h1,3-4,7-8H,2,5-6,9-14H2,(H,19,23). The molecule has 1 fully saturated rings. The Morgan fingerprint density at radius 1 is 1.16 bits per heavy atom. The summed E-state index contributed by atoms with van der Waals surface area (Å²) in [6.45, 7) is 2.86. The molecule has 1 aromatic carbocycles. The summed E-state index contributed by atoms with van der Waals surface area (Å²) < 4.78 is 0.956. The first-order valence-corrected chi connectivity index (χ1v) is 10.6. The predicted octanol–water partition coefficient (Wildman–Crippen LogP) is 3.37. The zero-order valence-electron chi connectivity index (χ0n) is 14.3. The van der Waals surface area contributed by atoms with Gasteiger partial charge in [-0.3, -0.25) is 4.79 Å². The van der Waals surface area contributed by atoms with Gasteiger partial charge in [0.05, 0.1) is 0 Å². The van der Waals surface area contributed by atoms with Crippen LogP contribution >= 0.6 is 23.1 Å². The highest BCUT2D eigenvalue weighted by Gasteiger charge is 2.15. The van der Waals surface area contributed by atoms with Crippen molar-refractivity contribution in [3.05, 3.63) is 35.9 Å². The minimum absolute atomic E-state index is 0.101. The lowest BCUT2D eigenvalue weighted by atomic mass is 10.1. The van der Waals surface area contributed by atoms with E-state index in [2.05, 4.69) is 32.5 Å². The van der Waals surface area contributed by atoms with Crippen LogP contribution in [0.1, 0.15) is 31.2 Å². The van der Waals surface area contributed by atoms with Gasteiger partial charge in [-0.2, -0.15) is 0 Å². The molecular weight excluding hydrogens is 352 g/mol. The van der Waals surface area contributed by atoms with E-state index >= 15 is 0 Å². The highest BCUT2D eigenvalue weighted by molar-refractivity contribution is 8.01. The summed E-state index contributed by atoms with van der Waals surface area (Å²) in [5.41, 5.74) is 1.25. The predicted molar refractivity (Wildman–Crippen MR) is 104 cm³/mol. The Balaban J connectivity index is 1.32. The monoisotopic (exact) mass is 376 g/mol. The molecule has 1 N–H and O–H groups in total. The van der Waals surface area contributed by atoms with Crippen LogP contribution in [0.15, 0.2) is 34.7 Å². The van der Waals surface area contributed by atoms with Gasteiger partial charge in [0.25, 0.3) is 0 Å². The normalized spacial score (nSPS) is 14.5. The Morgan fingerprint density at radius 2 is 1.96 bits per heavy atom. The number of hydrogen-bond donors (Lipinski definition) is 1. The molecule has 7 heteroatoms. The quantitative estimate of drug-likeness (QED) is 0.716. The van der Waals surface area contributed by atoms with Crippen LogP contribution in [0.5, 0.6) is 0 Å². The Hall–Kier alpha value is -1.60. The summed E-state index contributed by atoms with van der Waals surface area (Å²) in [6, 6.07) is 10.2. The number of carbonyl (C=O) groups excluding carboxylic acids is 1. The average Bonchev–Trinajstić information content (AvgIpc) is 3.12. The lowest BCUT2D eigenvalue weighted by Crippen LogP contribution is -2.29. The number of benzene rings is 1. The smallest absolute Gasteiger partial charge is 0.220 e. The number of carbonyl (C=O) groups is 1. The second kappa shape index (κ2) is 9.77. The summed E-state index contributed by atoms with van der Waals surface area (Å²) in [5.74, 6) is 0.843. The molecule has 0 spiro atoms. The van der Waals surface area contributed by atoms with E-state index < -0.39 is 0 Å². The van der Waals surface area contributed by atoms with Crippen LogP contribution < -0.4 is 10.2 Å². The van der Waals surface area contributed by atoms with Crippen LogP contribution in [0.25, 0.3) is 0 Å². The number of nitrogens with one attached hydrogen (secondary N) is 1. The van der Waals surface area contributed by atoms with E-state index in [0.717, 1.165) is 34.7 Å². The molecule has 3 rings (SSSR count). The number of rotatable bonds is 8. The number of thioether (sulfide) groups is 1. The topological polar surface area (TPSA) is 58.1 Å². The molecule has 1 aliphatic rings. The fourth-order valence-electron chi connectivity index (χ4n) is 2.78. The number of aromatic nitrogens is 2. The third-order valence-electron chi connectivity index (χ3n) is 4.16. The van der Waals surface area contributed by atoms with E-state index in [4.69, 9.17) is 0 Å². The minimum Gasteiger partial charge on any atom is -0.356 e. The molecule has 1 aliphatic heterocycles. The first-order chi connectivity index (χ1) is 12.3. The molecule has 0 unspecified atom stereocenters. The van der Waals surface area contributed by atoms with Crippen LogP contribution in [0.2, 0.25) is 0 Å². The number of hydrogen-bond acceptors (Lipinski definition) is 6. The first-order valence-electron chi connectivity index (χ1n) is 8.83. The maximum atomic E-state index is 11.9. The fraction of sp³-hybridized carbons (Fsp3) is 0.500. The van der Waals surface area contributed by atoms with Gasteiger partial charge in [0, 0.05) is 31.8 Å². The van der Waals surface area contributed by atoms with E-state index in [0.29, 0.717) is 13.0 Å². The van der Waals surface area contributed by atoms with Gasteiger partial charge in [0.1, 0.15) is 0 Å². The lowest BCUT2D eigenvalue weighted by Gasteiger charge is -2.25. The van der Waals surface area contributed by atoms with E-state index in [9.17, 15) is 4.79 Å². The van der Waals surface area contributed by atoms with E-state index in [1.807, 2.05) is 18.2 Å². The van der Waals surface area contributed by atoms with Gasteiger partial charge in [-0.05, 0) is 31.2 Å². The molecule has 2 aromatic rings. The maximum absolute atomic E-state index is 11.9. The zero-order chi connectivity index (χ0) is 17.3. The van der Waals surface area contributed by atoms with E-state index in [1.165, 1.54) is 24.8 Å². The van der Waals surface area contributed by atoms with Crippen molar-refractivity contribution in [3.8, 4) is 0 Å². The molecule has 1 saturated heterocycles. The highest BCUT2D eigenvalue weighted by Crippen LogP contribution is 2.29. The molecule has 2 heterocycles. The molecule has 1 amide bonds. The largest absolute Gasteiger partial charge is 0.356 e. The number of amides is 1. The summed E-state index contributed by atoms with van der Waals surface area (Å²) >= 11 is 3.26. The molecule has 134 valence electrons. The highest BCUT2D eigenvalue weighted by atomic mass is 32.2. The molecule has 0 radical (unpaired) electrons. The number of anilines is 1. The SMILES string of the molecule is O=C(CCSc1nnc(N2CCCCC2)s1)NCCc1ccccc1. The Labute approximate surface area is 157 Å². The second-order valence-corrected chi connectivity index (χ2v) is 8.38. The molecule has 0 bridgehead atoms. The molecule has 5 nitrogen and oxygen atoms in total. The minimum atomic E-state index is 0.101. The summed E-state index contributed by atoms with van der Waals surface area (Å²) in [5, 5.41) is 12.5. The summed E-state index contributed by atoms with van der Waals surface area (Å²) in [6.07, 6.45) is 5.18. The third kappa shape index (κ3) is 6.01. The first kappa shape index (κ1) is 18.2. The second-order valence-electron chi connectivity index (χ2n) is 6.08. The molecule has 1 aromatic heterocycles. The van der Waals surface area contributed by atoms with Gasteiger partial charge in [-0.25, -0.2) is 0 Å². The Kier molecular flexibility index (Phi) is 7.11. The van der Waals surface area contributed by atoms with Gasteiger partial charge in [-0.1, -0.05) is 53.4 Å². The maximum Gasteiger partial charge on any atom is 0.220 e. The van der Waals surface area contributed by atoms with Crippen molar-refractivity contribution in [1.29, 1.82) is 0 Å². The van der Waals surface area contributed by atoms with Crippen LogP contribution in [-0.2, 0) is 11.2 Å². The van der Waals surface area contributed by atoms with Gasteiger partial charge >= 0.3 is 0 Å². The van der Waals surface area contributed by atoms with Crippen molar-refractivity contribution < 1.29 is 4.79 Å². The third-order valence-corrected chi connectivity index (χ3v) is 6.27. The fourth-order valence-corrected chi connectivity index (χ4v) is 4.69. The summed E-state index contributed by atoms with van der Waals surface area (Å²) in [4.78, 5) is 14.2. The molecule has 0 atom stereocenters. The molecule has 0 saturated carbocycles. The van der Waals surface area contributed by atoms with Gasteiger partial charge in [-0.15, -0.1) is 10.2 Å².